The molecule has 4 amide bonds. The summed E-state index contributed by atoms with van der Waals surface area (Å²) in [6.07, 6.45) is 8.81. The van der Waals surface area contributed by atoms with Crippen molar-refractivity contribution in [2.45, 2.75) is 57.0 Å². The number of amides is 4. The van der Waals surface area contributed by atoms with Gasteiger partial charge in [0.15, 0.2) is 0 Å². The molecule has 3 aliphatic heterocycles. The maximum Gasteiger partial charge on any atom is 0.328 e. The summed E-state index contributed by atoms with van der Waals surface area (Å²) < 4.78 is 2.15. The summed E-state index contributed by atoms with van der Waals surface area (Å²) in [5, 5.41) is 6.71. The lowest BCUT2D eigenvalue weighted by Crippen LogP contribution is -2.53. The van der Waals surface area contributed by atoms with Gasteiger partial charge in [0, 0.05) is 113 Å². The first-order valence-corrected chi connectivity index (χ1v) is 18.7. The van der Waals surface area contributed by atoms with Crippen LogP contribution in [0, 0.1) is 0 Å². The molecule has 52 heavy (non-hydrogen) atoms. The molecule has 2 aromatic heterocycles. The van der Waals surface area contributed by atoms with Crippen LogP contribution in [0.15, 0.2) is 60.8 Å². The van der Waals surface area contributed by atoms with Gasteiger partial charge in [0.2, 0.25) is 11.9 Å². The van der Waals surface area contributed by atoms with Crippen molar-refractivity contribution in [1.82, 2.24) is 29.7 Å². The molecule has 13 heteroatoms. The number of piperazine rings is 1. The molecule has 5 heterocycles. The van der Waals surface area contributed by atoms with Crippen molar-refractivity contribution in [3.05, 3.63) is 66.5 Å². The molecule has 2 N–H and O–H groups in total. The van der Waals surface area contributed by atoms with Crippen LogP contribution >= 0.6 is 0 Å². The van der Waals surface area contributed by atoms with Crippen LogP contribution in [0.25, 0.3) is 11.0 Å². The molecule has 4 aliphatic rings. The smallest absolute Gasteiger partial charge is 0.328 e. The van der Waals surface area contributed by atoms with Gasteiger partial charge in [-0.25, -0.2) is 9.78 Å². The summed E-state index contributed by atoms with van der Waals surface area (Å²) in [4.78, 5) is 57.4. The van der Waals surface area contributed by atoms with E-state index in [0.29, 0.717) is 30.6 Å². The monoisotopic (exact) mass is 704 g/mol. The molecule has 272 valence electrons. The number of hydrogen-bond acceptors (Lipinski definition) is 9. The third kappa shape index (κ3) is 6.89. The Hall–Kier alpha value is -5.17. The molecule has 0 unspecified atom stereocenters. The predicted molar refractivity (Wildman–Crippen MR) is 204 cm³/mol. The number of benzene rings is 2. The van der Waals surface area contributed by atoms with Crippen molar-refractivity contribution < 1.29 is 14.4 Å². The Bertz CT molecular complexity index is 1940. The van der Waals surface area contributed by atoms with Crippen LogP contribution in [-0.4, -0.2) is 108 Å². The van der Waals surface area contributed by atoms with Crippen molar-refractivity contribution in [1.29, 1.82) is 0 Å². The SMILES string of the molecule is CN(C)C(=O)c1cc2cnc(Nc3ccc(N4CCN(C5CCN(c6cccc(N7CCC(=O)NC7=O)c6)CC5)CC4)cc3)nc2n1C1CCCC1. The third-order valence-electron chi connectivity index (χ3n) is 11.2. The maximum atomic E-state index is 13.1. The molecule has 1 saturated carbocycles. The van der Waals surface area contributed by atoms with Crippen LogP contribution in [0.3, 0.4) is 0 Å². The number of carbonyl (C=O) groups is 3. The van der Waals surface area contributed by atoms with Crippen LogP contribution in [0.1, 0.15) is 61.5 Å². The largest absolute Gasteiger partial charge is 0.371 e. The van der Waals surface area contributed by atoms with E-state index in [0.717, 1.165) is 93.0 Å². The molecule has 4 fully saturated rings. The van der Waals surface area contributed by atoms with Crippen molar-refractivity contribution >= 4 is 57.6 Å². The zero-order chi connectivity index (χ0) is 35.8. The second kappa shape index (κ2) is 14.5. The highest BCUT2D eigenvalue weighted by Gasteiger charge is 2.30. The standard InChI is InChI=1S/C39H48N10O3/c1-44(2)37(51)34-24-27-26-40-38(43-36(27)49(34)31-6-3-4-7-31)41-28-10-12-29(13-11-28)46-20-22-47(23-21-46)30-14-17-45(18-15-30)32-8-5-9-33(25-32)48-19-16-35(50)42-39(48)52/h5,8-13,24-26,30-31H,3-4,6-7,14-23H2,1-2H3,(H,40,41,43)(H,42,50,52). The summed E-state index contributed by atoms with van der Waals surface area (Å²) in [6.45, 7) is 6.42. The highest BCUT2D eigenvalue weighted by atomic mass is 16.2. The van der Waals surface area contributed by atoms with E-state index in [1.165, 1.54) is 18.5 Å². The first kappa shape index (κ1) is 33.9. The number of rotatable bonds is 8. The van der Waals surface area contributed by atoms with E-state index in [-0.39, 0.29) is 23.9 Å². The Balaban J connectivity index is 0.852. The van der Waals surface area contributed by atoms with E-state index in [2.05, 4.69) is 71.3 Å². The molecule has 13 nitrogen and oxygen atoms in total. The predicted octanol–water partition coefficient (Wildman–Crippen LogP) is 5.23. The quantitative estimate of drug-likeness (QED) is 0.254. The minimum atomic E-state index is -0.346. The van der Waals surface area contributed by atoms with Gasteiger partial charge in [-0.3, -0.25) is 24.7 Å². The molecule has 0 atom stereocenters. The number of carbonyl (C=O) groups excluding carboxylic acids is 3. The van der Waals surface area contributed by atoms with Gasteiger partial charge in [0.05, 0.1) is 0 Å². The highest BCUT2D eigenvalue weighted by Crippen LogP contribution is 2.35. The minimum Gasteiger partial charge on any atom is -0.371 e. The minimum absolute atomic E-state index is 0.00798. The molecule has 3 saturated heterocycles. The number of imide groups is 1. The number of nitrogens with one attached hydrogen (secondary N) is 2. The molecule has 0 radical (unpaired) electrons. The molecule has 0 bridgehead atoms. The van der Waals surface area contributed by atoms with E-state index < -0.39 is 0 Å². The van der Waals surface area contributed by atoms with Crippen LogP contribution in [0.4, 0.5) is 33.5 Å². The lowest BCUT2D eigenvalue weighted by atomic mass is 10.0. The number of hydrogen-bond donors (Lipinski definition) is 2. The van der Waals surface area contributed by atoms with Gasteiger partial charge >= 0.3 is 6.03 Å². The Kier molecular flexibility index (Phi) is 9.43. The third-order valence-corrected chi connectivity index (χ3v) is 11.2. The average Bonchev–Trinajstić information content (AvgIpc) is 3.83. The van der Waals surface area contributed by atoms with Crippen LogP contribution < -0.4 is 25.3 Å². The fourth-order valence-corrected chi connectivity index (χ4v) is 8.38. The van der Waals surface area contributed by atoms with Gasteiger partial charge in [-0.2, -0.15) is 4.98 Å². The lowest BCUT2D eigenvalue weighted by Gasteiger charge is -2.44. The Labute approximate surface area is 304 Å². The molecular weight excluding hydrogens is 656 g/mol. The van der Waals surface area contributed by atoms with E-state index in [1.807, 2.05) is 24.4 Å². The van der Waals surface area contributed by atoms with Crippen LogP contribution in [0.5, 0.6) is 0 Å². The van der Waals surface area contributed by atoms with Crippen molar-refractivity contribution in [2.24, 2.45) is 0 Å². The first-order valence-electron chi connectivity index (χ1n) is 18.7. The number of fused-ring (bicyclic) bond motifs is 1. The normalized spacial score (nSPS) is 19.4. The second-order valence-electron chi connectivity index (χ2n) is 14.7. The van der Waals surface area contributed by atoms with Gasteiger partial charge in [0.25, 0.3) is 5.91 Å². The molecule has 8 rings (SSSR count). The highest BCUT2D eigenvalue weighted by molar-refractivity contribution is 6.05. The summed E-state index contributed by atoms with van der Waals surface area (Å²) in [6, 6.07) is 19.1. The molecule has 2 aromatic carbocycles. The zero-order valence-corrected chi connectivity index (χ0v) is 30.1. The fourth-order valence-electron chi connectivity index (χ4n) is 8.38. The van der Waals surface area contributed by atoms with Gasteiger partial charge in [0.1, 0.15) is 11.3 Å². The number of urea groups is 1. The topological polar surface area (TPSA) is 122 Å². The maximum absolute atomic E-state index is 13.1. The number of piperidine rings is 1. The molecule has 4 aromatic rings. The summed E-state index contributed by atoms with van der Waals surface area (Å²) in [7, 11) is 3.59. The van der Waals surface area contributed by atoms with E-state index >= 15 is 0 Å². The number of nitrogens with zero attached hydrogens (tertiary/aromatic N) is 8. The molecular formula is C39H48N10O3. The van der Waals surface area contributed by atoms with Crippen LogP contribution in [-0.2, 0) is 4.79 Å². The summed E-state index contributed by atoms with van der Waals surface area (Å²) in [5.74, 6) is 0.305. The number of anilines is 5. The van der Waals surface area contributed by atoms with Crippen molar-refractivity contribution in [3.63, 3.8) is 0 Å². The fraction of sp³-hybridized carbons (Fsp3) is 0.462. The van der Waals surface area contributed by atoms with E-state index in [4.69, 9.17) is 4.98 Å². The van der Waals surface area contributed by atoms with Crippen molar-refractivity contribution in [3.8, 4) is 0 Å². The molecule has 1 aliphatic carbocycles. The summed E-state index contributed by atoms with van der Waals surface area (Å²) in [5.41, 5.74) is 5.59. The first-order chi connectivity index (χ1) is 25.3. The Morgan fingerprint density at radius 2 is 1.52 bits per heavy atom. The van der Waals surface area contributed by atoms with Gasteiger partial charge in [-0.15, -0.1) is 0 Å². The van der Waals surface area contributed by atoms with Gasteiger partial charge in [-0.1, -0.05) is 18.9 Å². The molecule has 0 spiro atoms. The number of aromatic nitrogens is 3. The summed E-state index contributed by atoms with van der Waals surface area (Å²) >= 11 is 0. The van der Waals surface area contributed by atoms with E-state index in [9.17, 15) is 14.4 Å². The Morgan fingerprint density at radius 3 is 2.23 bits per heavy atom. The van der Waals surface area contributed by atoms with Gasteiger partial charge < -0.3 is 24.6 Å². The van der Waals surface area contributed by atoms with Gasteiger partial charge in [-0.05, 0) is 74.2 Å². The van der Waals surface area contributed by atoms with E-state index in [1.54, 1.807) is 23.9 Å². The van der Waals surface area contributed by atoms with Crippen molar-refractivity contribution in [2.75, 3.05) is 79.9 Å². The average molecular weight is 705 g/mol. The lowest BCUT2D eigenvalue weighted by molar-refractivity contribution is -0.120. The zero-order valence-electron chi connectivity index (χ0n) is 30.1. The second-order valence-corrected chi connectivity index (χ2v) is 14.7. The van der Waals surface area contributed by atoms with Crippen LogP contribution in [0.2, 0.25) is 0 Å². The Morgan fingerprint density at radius 1 is 0.808 bits per heavy atom.